The van der Waals surface area contributed by atoms with Crippen molar-refractivity contribution >= 4 is 45.9 Å². The van der Waals surface area contributed by atoms with Crippen LogP contribution in [0.2, 0.25) is 5.02 Å². The largest absolute Gasteiger partial charge is 0.322 e. The summed E-state index contributed by atoms with van der Waals surface area (Å²) in [6.45, 7) is 0. The number of hydrogen-bond donors (Lipinski definition) is 1. The number of anilines is 1. The standard InChI is InChI=1S/C20H14ClN3OS/c21-12-4-9-18-16(10-12)19(15-2-1-3-17(15)24-18)20(25)23-13-5-7-14(8-6-13)26-11-22/h4-10H,1-3H2,(H,23,25). The molecule has 2 aromatic carbocycles. The van der Waals surface area contributed by atoms with E-state index in [0.29, 0.717) is 16.3 Å². The van der Waals surface area contributed by atoms with Crippen molar-refractivity contribution in [3.05, 3.63) is 64.3 Å². The Labute approximate surface area is 160 Å². The molecule has 6 heteroatoms. The van der Waals surface area contributed by atoms with Gasteiger partial charge in [0.15, 0.2) is 0 Å². The molecule has 1 aliphatic carbocycles. The zero-order valence-corrected chi connectivity index (χ0v) is 15.3. The Hall–Kier alpha value is -2.55. The zero-order valence-electron chi connectivity index (χ0n) is 13.8. The van der Waals surface area contributed by atoms with Crippen LogP contribution in [0.5, 0.6) is 0 Å². The van der Waals surface area contributed by atoms with Gasteiger partial charge in [-0.15, -0.1) is 0 Å². The second-order valence-electron chi connectivity index (χ2n) is 6.10. The molecule has 4 nitrogen and oxygen atoms in total. The molecule has 1 amide bonds. The van der Waals surface area contributed by atoms with Crippen molar-refractivity contribution in [2.75, 3.05) is 5.32 Å². The van der Waals surface area contributed by atoms with Gasteiger partial charge in [-0.3, -0.25) is 9.78 Å². The normalized spacial score (nSPS) is 12.6. The van der Waals surface area contributed by atoms with Crippen LogP contribution in [0.1, 0.15) is 28.0 Å². The molecule has 1 N–H and O–H groups in total. The van der Waals surface area contributed by atoms with Crippen LogP contribution in [0.25, 0.3) is 10.9 Å². The summed E-state index contributed by atoms with van der Waals surface area (Å²) in [5.41, 5.74) is 4.18. The van der Waals surface area contributed by atoms with Gasteiger partial charge in [0.25, 0.3) is 5.91 Å². The highest BCUT2D eigenvalue weighted by atomic mass is 35.5. The molecular formula is C20H14ClN3OS. The van der Waals surface area contributed by atoms with Crippen LogP contribution < -0.4 is 5.32 Å². The summed E-state index contributed by atoms with van der Waals surface area (Å²) in [5, 5.41) is 15.1. The Balaban J connectivity index is 1.74. The highest BCUT2D eigenvalue weighted by Crippen LogP contribution is 2.32. The molecule has 1 aliphatic rings. The van der Waals surface area contributed by atoms with Crippen molar-refractivity contribution < 1.29 is 4.79 Å². The summed E-state index contributed by atoms with van der Waals surface area (Å²) < 4.78 is 0. The molecule has 0 saturated heterocycles. The Morgan fingerprint density at radius 3 is 2.77 bits per heavy atom. The Kier molecular flexibility index (Phi) is 4.54. The minimum Gasteiger partial charge on any atom is -0.322 e. The van der Waals surface area contributed by atoms with Crippen LogP contribution in [0.15, 0.2) is 47.4 Å². The maximum absolute atomic E-state index is 13.1. The first-order chi connectivity index (χ1) is 12.7. The SMILES string of the molecule is N#CSc1ccc(NC(=O)c2c3c(nc4ccc(Cl)cc24)CCC3)cc1. The number of pyridine rings is 1. The number of nitriles is 1. The third-order valence-electron chi connectivity index (χ3n) is 4.48. The maximum atomic E-state index is 13.1. The van der Waals surface area contributed by atoms with E-state index in [1.165, 1.54) is 0 Å². The fourth-order valence-corrected chi connectivity index (χ4v) is 3.90. The lowest BCUT2D eigenvalue weighted by molar-refractivity contribution is 0.102. The molecule has 0 spiro atoms. The second-order valence-corrected chi connectivity index (χ2v) is 7.39. The summed E-state index contributed by atoms with van der Waals surface area (Å²) >= 11 is 7.25. The molecule has 0 fully saturated rings. The molecular weight excluding hydrogens is 366 g/mol. The van der Waals surface area contributed by atoms with E-state index in [1.54, 1.807) is 18.2 Å². The smallest absolute Gasteiger partial charge is 0.256 e. The van der Waals surface area contributed by atoms with Crippen molar-refractivity contribution in [2.45, 2.75) is 24.2 Å². The van der Waals surface area contributed by atoms with Gasteiger partial charge >= 0.3 is 0 Å². The number of thiocyanates is 1. The molecule has 4 rings (SSSR count). The number of hydrogen-bond acceptors (Lipinski definition) is 4. The number of fused-ring (bicyclic) bond motifs is 2. The first kappa shape index (κ1) is 16.9. The van der Waals surface area contributed by atoms with Crippen molar-refractivity contribution in [2.24, 2.45) is 0 Å². The van der Waals surface area contributed by atoms with Crippen molar-refractivity contribution in [3.8, 4) is 5.40 Å². The number of thioether (sulfide) groups is 1. The molecule has 128 valence electrons. The van der Waals surface area contributed by atoms with Gasteiger partial charge < -0.3 is 5.32 Å². The van der Waals surface area contributed by atoms with Gasteiger partial charge in [-0.05, 0) is 79.1 Å². The highest BCUT2D eigenvalue weighted by Gasteiger charge is 2.24. The summed E-state index contributed by atoms with van der Waals surface area (Å²) in [6.07, 6.45) is 2.76. The van der Waals surface area contributed by atoms with E-state index in [0.717, 1.165) is 58.1 Å². The fraction of sp³-hybridized carbons (Fsp3) is 0.150. The van der Waals surface area contributed by atoms with E-state index < -0.39 is 0 Å². The van der Waals surface area contributed by atoms with Crippen LogP contribution in [0, 0.1) is 10.7 Å². The average Bonchev–Trinajstić information content (AvgIpc) is 3.09. The lowest BCUT2D eigenvalue weighted by Gasteiger charge is -2.13. The predicted molar refractivity (Wildman–Crippen MR) is 105 cm³/mol. The van der Waals surface area contributed by atoms with E-state index in [2.05, 4.69) is 5.32 Å². The van der Waals surface area contributed by atoms with Gasteiger partial charge in [0.1, 0.15) is 5.40 Å². The number of carbonyl (C=O) groups excluding carboxylic acids is 1. The fourth-order valence-electron chi connectivity index (χ4n) is 3.35. The number of halogens is 1. The molecule has 3 aromatic rings. The number of rotatable bonds is 3. The van der Waals surface area contributed by atoms with Crippen LogP contribution in [-0.2, 0) is 12.8 Å². The monoisotopic (exact) mass is 379 g/mol. The van der Waals surface area contributed by atoms with Gasteiger partial charge in [-0.25, -0.2) is 0 Å². The number of nitrogens with zero attached hydrogens (tertiary/aromatic N) is 2. The highest BCUT2D eigenvalue weighted by molar-refractivity contribution is 8.03. The van der Waals surface area contributed by atoms with E-state index >= 15 is 0 Å². The third kappa shape index (κ3) is 3.14. The van der Waals surface area contributed by atoms with Crippen LogP contribution >= 0.6 is 23.4 Å². The molecule has 0 saturated carbocycles. The van der Waals surface area contributed by atoms with Gasteiger partial charge in [-0.2, -0.15) is 5.26 Å². The molecule has 1 heterocycles. The summed E-state index contributed by atoms with van der Waals surface area (Å²) in [5.74, 6) is -0.154. The predicted octanol–water partition coefficient (Wildman–Crippen LogP) is 5.20. The van der Waals surface area contributed by atoms with Gasteiger partial charge in [0.05, 0.1) is 11.1 Å². The molecule has 26 heavy (non-hydrogen) atoms. The Morgan fingerprint density at radius 1 is 1.19 bits per heavy atom. The van der Waals surface area contributed by atoms with Gasteiger partial charge in [0, 0.05) is 26.7 Å². The first-order valence-corrected chi connectivity index (χ1v) is 9.43. The molecule has 0 unspecified atom stereocenters. The van der Waals surface area contributed by atoms with Crippen molar-refractivity contribution in [1.29, 1.82) is 5.26 Å². The van der Waals surface area contributed by atoms with Crippen LogP contribution in [0.4, 0.5) is 5.69 Å². The molecule has 0 bridgehead atoms. The lowest BCUT2D eigenvalue weighted by atomic mass is 10.0. The molecule has 0 radical (unpaired) electrons. The Morgan fingerprint density at radius 2 is 2.00 bits per heavy atom. The second kappa shape index (κ2) is 6.99. The third-order valence-corrected chi connectivity index (χ3v) is 5.31. The lowest BCUT2D eigenvalue weighted by Crippen LogP contribution is -2.15. The topological polar surface area (TPSA) is 65.8 Å². The number of aromatic nitrogens is 1. The average molecular weight is 380 g/mol. The van der Waals surface area contributed by atoms with E-state index in [4.69, 9.17) is 21.8 Å². The molecule has 1 aromatic heterocycles. The number of benzene rings is 2. The van der Waals surface area contributed by atoms with Crippen molar-refractivity contribution in [1.82, 2.24) is 4.98 Å². The van der Waals surface area contributed by atoms with Crippen molar-refractivity contribution in [3.63, 3.8) is 0 Å². The number of nitrogens with one attached hydrogen (secondary N) is 1. The van der Waals surface area contributed by atoms with E-state index in [-0.39, 0.29) is 5.91 Å². The molecule has 0 atom stereocenters. The van der Waals surface area contributed by atoms with E-state index in [1.807, 2.05) is 29.7 Å². The van der Waals surface area contributed by atoms with E-state index in [9.17, 15) is 4.79 Å². The quantitative estimate of drug-likeness (QED) is 0.501. The first-order valence-electron chi connectivity index (χ1n) is 8.24. The number of amides is 1. The summed E-state index contributed by atoms with van der Waals surface area (Å²) in [7, 11) is 0. The van der Waals surface area contributed by atoms with Crippen LogP contribution in [0.3, 0.4) is 0 Å². The van der Waals surface area contributed by atoms with Gasteiger partial charge in [-0.1, -0.05) is 11.6 Å². The minimum atomic E-state index is -0.154. The summed E-state index contributed by atoms with van der Waals surface area (Å²) in [4.78, 5) is 18.6. The summed E-state index contributed by atoms with van der Waals surface area (Å²) in [6, 6.07) is 12.7. The van der Waals surface area contributed by atoms with Gasteiger partial charge in [0.2, 0.25) is 0 Å². The minimum absolute atomic E-state index is 0.154. The maximum Gasteiger partial charge on any atom is 0.256 e. The zero-order chi connectivity index (χ0) is 18.1. The number of aryl methyl sites for hydroxylation is 1. The Bertz CT molecular complexity index is 1060. The number of carbonyl (C=O) groups is 1. The molecule has 0 aliphatic heterocycles. The van der Waals surface area contributed by atoms with Crippen LogP contribution in [-0.4, -0.2) is 10.9 Å².